The normalized spacial score (nSPS) is 16.5. The first-order valence-electron chi connectivity index (χ1n) is 8.25. The van der Waals surface area contributed by atoms with E-state index in [1.807, 2.05) is 18.2 Å². The Kier molecular flexibility index (Phi) is 4.50. The van der Waals surface area contributed by atoms with Crippen LogP contribution in [-0.4, -0.2) is 23.4 Å². The Morgan fingerprint density at radius 2 is 1.92 bits per heavy atom. The predicted molar refractivity (Wildman–Crippen MR) is 99.3 cm³/mol. The van der Waals surface area contributed by atoms with Crippen molar-refractivity contribution in [3.05, 3.63) is 75.3 Å². The number of ether oxygens (including phenoxy) is 1. The van der Waals surface area contributed by atoms with Gasteiger partial charge in [-0.2, -0.15) is 0 Å². The molecule has 6 heteroatoms. The molecule has 6 nitrogen and oxygen atoms in total. The number of rotatable bonds is 4. The van der Waals surface area contributed by atoms with E-state index in [1.54, 1.807) is 13.2 Å². The molecule has 0 saturated carbocycles. The standard InChI is InChI=1S/C20H20N2O4/c1-20(2)12-14-6-9-16(26-3)10-17(14)18(21-20)11-19(23)13-4-7-15(8-5-13)22(24)25/h4-11,21H,12H2,1-3H3/b18-11-. The fourth-order valence-electron chi connectivity index (χ4n) is 3.12. The Balaban J connectivity index is 1.99. The zero-order valence-corrected chi connectivity index (χ0v) is 14.9. The maximum absolute atomic E-state index is 12.7. The van der Waals surface area contributed by atoms with Crippen LogP contribution in [0.4, 0.5) is 5.69 Å². The Hall–Kier alpha value is -3.15. The molecule has 0 amide bonds. The van der Waals surface area contributed by atoms with Crippen LogP contribution >= 0.6 is 0 Å². The van der Waals surface area contributed by atoms with Crippen LogP contribution in [0.25, 0.3) is 5.70 Å². The van der Waals surface area contributed by atoms with Gasteiger partial charge in [-0.25, -0.2) is 0 Å². The number of ketones is 1. The van der Waals surface area contributed by atoms with Crippen LogP contribution in [0.2, 0.25) is 0 Å². The molecule has 0 aromatic heterocycles. The van der Waals surface area contributed by atoms with E-state index in [2.05, 4.69) is 19.2 Å². The van der Waals surface area contributed by atoms with Crippen LogP contribution in [0.5, 0.6) is 5.75 Å². The Morgan fingerprint density at radius 3 is 2.54 bits per heavy atom. The summed E-state index contributed by atoms with van der Waals surface area (Å²) in [7, 11) is 1.60. The minimum atomic E-state index is -0.486. The van der Waals surface area contributed by atoms with Crippen molar-refractivity contribution in [3.8, 4) is 5.75 Å². The summed E-state index contributed by atoms with van der Waals surface area (Å²) >= 11 is 0. The molecule has 1 aliphatic heterocycles. The Bertz CT molecular complexity index is 899. The summed E-state index contributed by atoms with van der Waals surface area (Å²) in [5.41, 5.74) is 2.96. The number of carbonyl (C=O) groups excluding carboxylic acids is 1. The SMILES string of the molecule is COc1ccc2c(c1)/C(=C/C(=O)c1ccc([N+](=O)[O-])cc1)NC(C)(C)C2. The van der Waals surface area contributed by atoms with Gasteiger partial charge in [-0.3, -0.25) is 14.9 Å². The summed E-state index contributed by atoms with van der Waals surface area (Å²) < 4.78 is 5.30. The van der Waals surface area contributed by atoms with E-state index in [0.29, 0.717) is 5.56 Å². The number of methoxy groups -OCH3 is 1. The van der Waals surface area contributed by atoms with Crippen molar-refractivity contribution in [2.45, 2.75) is 25.8 Å². The van der Waals surface area contributed by atoms with Gasteiger partial charge < -0.3 is 10.1 Å². The predicted octanol–water partition coefficient (Wildman–Crippen LogP) is 3.75. The molecule has 3 rings (SSSR count). The Morgan fingerprint density at radius 1 is 1.23 bits per heavy atom. The number of carbonyl (C=O) groups is 1. The molecule has 2 aromatic rings. The Labute approximate surface area is 151 Å². The van der Waals surface area contributed by atoms with E-state index in [9.17, 15) is 14.9 Å². The lowest BCUT2D eigenvalue weighted by Gasteiger charge is -2.35. The van der Waals surface area contributed by atoms with Crippen molar-refractivity contribution in [2.75, 3.05) is 7.11 Å². The van der Waals surface area contributed by atoms with Crippen LogP contribution in [0.15, 0.2) is 48.5 Å². The summed E-state index contributed by atoms with van der Waals surface area (Å²) in [5, 5.41) is 14.2. The molecule has 1 N–H and O–H groups in total. The molecule has 2 aromatic carbocycles. The molecular weight excluding hydrogens is 332 g/mol. The van der Waals surface area contributed by atoms with Crippen LogP contribution in [-0.2, 0) is 6.42 Å². The molecule has 0 spiro atoms. The minimum absolute atomic E-state index is 0.0405. The van der Waals surface area contributed by atoms with Gasteiger partial charge in [0.1, 0.15) is 5.75 Å². The van der Waals surface area contributed by atoms with E-state index in [-0.39, 0.29) is 17.0 Å². The molecule has 134 valence electrons. The van der Waals surface area contributed by atoms with E-state index in [0.717, 1.165) is 29.0 Å². The van der Waals surface area contributed by atoms with Crippen molar-refractivity contribution >= 4 is 17.2 Å². The number of hydrogen-bond donors (Lipinski definition) is 1. The maximum Gasteiger partial charge on any atom is 0.269 e. The third-order valence-electron chi connectivity index (χ3n) is 4.35. The molecule has 26 heavy (non-hydrogen) atoms. The quantitative estimate of drug-likeness (QED) is 0.392. The van der Waals surface area contributed by atoms with Crippen LogP contribution < -0.4 is 10.1 Å². The molecule has 0 radical (unpaired) electrons. The van der Waals surface area contributed by atoms with Crippen molar-refractivity contribution in [1.29, 1.82) is 0 Å². The smallest absolute Gasteiger partial charge is 0.269 e. The highest BCUT2D eigenvalue weighted by Crippen LogP contribution is 2.32. The number of benzene rings is 2. The summed E-state index contributed by atoms with van der Waals surface area (Å²) in [6.07, 6.45) is 2.37. The highest BCUT2D eigenvalue weighted by atomic mass is 16.6. The molecule has 0 aliphatic carbocycles. The lowest BCUT2D eigenvalue weighted by Crippen LogP contribution is -2.43. The first-order valence-corrected chi connectivity index (χ1v) is 8.25. The zero-order chi connectivity index (χ0) is 18.9. The first-order chi connectivity index (χ1) is 12.3. The van der Waals surface area contributed by atoms with Gasteiger partial charge in [-0.05, 0) is 50.1 Å². The lowest BCUT2D eigenvalue weighted by molar-refractivity contribution is -0.384. The zero-order valence-electron chi connectivity index (χ0n) is 14.9. The van der Waals surface area contributed by atoms with Crippen molar-refractivity contribution in [2.24, 2.45) is 0 Å². The van der Waals surface area contributed by atoms with Gasteiger partial charge in [0, 0.05) is 40.6 Å². The van der Waals surface area contributed by atoms with E-state index < -0.39 is 4.92 Å². The minimum Gasteiger partial charge on any atom is -0.497 e. The fourth-order valence-corrected chi connectivity index (χ4v) is 3.12. The molecular formula is C20H20N2O4. The number of nitrogens with zero attached hydrogens (tertiary/aromatic N) is 1. The lowest BCUT2D eigenvalue weighted by atomic mass is 9.85. The fraction of sp³-hybridized carbons (Fsp3) is 0.250. The second-order valence-electron chi connectivity index (χ2n) is 6.93. The van der Waals surface area contributed by atoms with Gasteiger partial charge in [0.05, 0.1) is 12.0 Å². The van der Waals surface area contributed by atoms with Crippen LogP contribution in [0, 0.1) is 10.1 Å². The van der Waals surface area contributed by atoms with E-state index in [4.69, 9.17) is 4.74 Å². The van der Waals surface area contributed by atoms with Crippen molar-refractivity contribution in [1.82, 2.24) is 5.32 Å². The third kappa shape index (κ3) is 3.59. The van der Waals surface area contributed by atoms with Crippen molar-refractivity contribution < 1.29 is 14.5 Å². The topological polar surface area (TPSA) is 81.5 Å². The first kappa shape index (κ1) is 17.7. The number of nitro groups is 1. The molecule has 0 bridgehead atoms. The third-order valence-corrected chi connectivity index (χ3v) is 4.35. The monoisotopic (exact) mass is 352 g/mol. The van der Waals surface area contributed by atoms with E-state index in [1.165, 1.54) is 24.3 Å². The second-order valence-corrected chi connectivity index (χ2v) is 6.93. The summed E-state index contributed by atoms with van der Waals surface area (Å²) in [6.45, 7) is 4.15. The highest BCUT2D eigenvalue weighted by molar-refractivity contribution is 6.08. The molecule has 1 aliphatic rings. The van der Waals surface area contributed by atoms with E-state index >= 15 is 0 Å². The number of nitro benzene ring substituents is 1. The van der Waals surface area contributed by atoms with Gasteiger partial charge in [0.25, 0.3) is 5.69 Å². The summed E-state index contributed by atoms with van der Waals surface area (Å²) in [5.74, 6) is 0.507. The molecule has 0 saturated heterocycles. The highest BCUT2D eigenvalue weighted by Gasteiger charge is 2.28. The number of non-ortho nitro benzene ring substituents is 1. The maximum atomic E-state index is 12.7. The van der Waals surface area contributed by atoms with Crippen LogP contribution in [0.3, 0.4) is 0 Å². The van der Waals surface area contributed by atoms with Gasteiger partial charge in [-0.1, -0.05) is 6.07 Å². The summed E-state index contributed by atoms with van der Waals surface area (Å²) in [4.78, 5) is 22.9. The summed E-state index contributed by atoms with van der Waals surface area (Å²) in [6, 6.07) is 11.4. The number of hydrogen-bond acceptors (Lipinski definition) is 5. The molecule has 1 heterocycles. The number of allylic oxidation sites excluding steroid dienone is 1. The average Bonchev–Trinajstić information content (AvgIpc) is 2.60. The average molecular weight is 352 g/mol. The largest absolute Gasteiger partial charge is 0.497 e. The molecule has 0 unspecified atom stereocenters. The van der Waals surface area contributed by atoms with Gasteiger partial charge in [-0.15, -0.1) is 0 Å². The van der Waals surface area contributed by atoms with Crippen LogP contribution in [0.1, 0.15) is 35.3 Å². The van der Waals surface area contributed by atoms with Gasteiger partial charge in [0.15, 0.2) is 5.78 Å². The molecule has 0 fully saturated rings. The number of nitrogens with one attached hydrogen (secondary N) is 1. The van der Waals surface area contributed by atoms with Gasteiger partial charge in [0.2, 0.25) is 0 Å². The second kappa shape index (κ2) is 6.63. The molecule has 0 atom stereocenters. The van der Waals surface area contributed by atoms with Gasteiger partial charge >= 0.3 is 0 Å². The van der Waals surface area contributed by atoms with Crippen molar-refractivity contribution in [3.63, 3.8) is 0 Å². The number of fused-ring (bicyclic) bond motifs is 1.